The van der Waals surface area contributed by atoms with Crippen LogP contribution < -0.4 is 4.74 Å². The summed E-state index contributed by atoms with van der Waals surface area (Å²) in [5.41, 5.74) is 6.80. The lowest BCUT2D eigenvalue weighted by molar-refractivity contribution is 0.0600. The molecule has 2 aromatic rings. The van der Waals surface area contributed by atoms with Gasteiger partial charge in [0.2, 0.25) is 0 Å². The van der Waals surface area contributed by atoms with Gasteiger partial charge in [-0.2, -0.15) is 0 Å². The number of benzene rings is 2. The largest absolute Gasteiger partial charge is 0.497 e. The Morgan fingerprint density at radius 1 is 1.13 bits per heavy atom. The van der Waals surface area contributed by atoms with E-state index >= 15 is 0 Å². The molecule has 0 aromatic heterocycles. The monoisotopic (exact) mass is 441 g/mol. The van der Waals surface area contributed by atoms with E-state index in [-0.39, 0.29) is 18.4 Å². The highest BCUT2D eigenvalue weighted by molar-refractivity contribution is 5.90. The molecule has 0 amide bonds. The van der Waals surface area contributed by atoms with Gasteiger partial charge in [-0.25, -0.2) is 4.79 Å². The van der Waals surface area contributed by atoms with Gasteiger partial charge >= 0.3 is 5.97 Å². The van der Waals surface area contributed by atoms with Crippen LogP contribution in [0.4, 0.5) is 0 Å². The van der Waals surface area contributed by atoms with Crippen molar-refractivity contribution in [1.82, 2.24) is 4.90 Å². The summed E-state index contributed by atoms with van der Waals surface area (Å²) in [6, 6.07) is 15.9. The lowest BCUT2D eigenvalue weighted by Crippen LogP contribution is -2.25. The zero-order valence-electron chi connectivity index (χ0n) is 19.0. The summed E-state index contributed by atoms with van der Waals surface area (Å²) in [6.07, 6.45) is 4.30. The molecule has 0 N–H and O–H groups in total. The van der Waals surface area contributed by atoms with E-state index in [1.54, 1.807) is 13.2 Å². The Labute approximate surface area is 192 Å². The molecule has 5 heteroatoms. The van der Waals surface area contributed by atoms with Gasteiger partial charge in [-0.15, -0.1) is 12.4 Å². The second kappa shape index (κ2) is 11.2. The number of ether oxygens (including phenoxy) is 2. The third kappa shape index (κ3) is 5.99. The molecular formula is C26H32ClNO3. The van der Waals surface area contributed by atoms with E-state index in [9.17, 15) is 4.79 Å². The quantitative estimate of drug-likeness (QED) is 0.536. The predicted molar refractivity (Wildman–Crippen MR) is 130 cm³/mol. The van der Waals surface area contributed by atoms with Gasteiger partial charge < -0.3 is 14.4 Å². The van der Waals surface area contributed by atoms with Crippen molar-refractivity contribution in [2.45, 2.75) is 19.8 Å². The molecule has 1 aliphatic rings. The summed E-state index contributed by atoms with van der Waals surface area (Å²) in [5, 5.41) is 0. The number of rotatable bonds is 6. The van der Waals surface area contributed by atoms with E-state index in [0.29, 0.717) is 11.5 Å². The summed E-state index contributed by atoms with van der Waals surface area (Å²) in [6.45, 7) is 3.22. The summed E-state index contributed by atoms with van der Waals surface area (Å²) < 4.78 is 10.3. The third-order valence-corrected chi connectivity index (χ3v) is 5.67. The van der Waals surface area contributed by atoms with Crippen molar-refractivity contribution >= 4 is 30.0 Å². The molecule has 3 rings (SSSR count). The average Bonchev–Trinajstić information content (AvgIpc) is 2.75. The molecule has 0 fully saturated rings. The molecule has 0 radical (unpaired) electrons. The Hall–Kier alpha value is -2.56. The molecule has 31 heavy (non-hydrogen) atoms. The number of esters is 1. The highest BCUT2D eigenvalue weighted by Gasteiger charge is 2.26. The minimum absolute atomic E-state index is 0. The second-order valence-electron chi connectivity index (χ2n) is 8.06. The van der Waals surface area contributed by atoms with Crippen molar-refractivity contribution in [3.8, 4) is 5.75 Å². The zero-order chi connectivity index (χ0) is 21.7. The van der Waals surface area contributed by atoms with Crippen LogP contribution in [-0.2, 0) is 4.74 Å². The summed E-state index contributed by atoms with van der Waals surface area (Å²) in [7, 11) is 7.37. The lowest BCUT2D eigenvalue weighted by atomic mass is 9.76. The van der Waals surface area contributed by atoms with E-state index in [4.69, 9.17) is 9.47 Å². The number of allylic oxidation sites excluding steroid dienone is 2. The molecule has 4 nitrogen and oxygen atoms in total. The van der Waals surface area contributed by atoms with Crippen molar-refractivity contribution in [3.63, 3.8) is 0 Å². The smallest absolute Gasteiger partial charge is 0.337 e. The van der Waals surface area contributed by atoms with Crippen LogP contribution in [0.2, 0.25) is 0 Å². The van der Waals surface area contributed by atoms with Crippen LogP contribution in [-0.4, -0.2) is 45.7 Å². The van der Waals surface area contributed by atoms with E-state index in [2.05, 4.69) is 50.2 Å². The number of hydrogen-bond acceptors (Lipinski definition) is 4. The number of carbonyl (C=O) groups excluding carboxylic acids is 1. The Kier molecular flexibility index (Phi) is 8.90. The minimum Gasteiger partial charge on any atom is -0.497 e. The second-order valence-corrected chi connectivity index (χ2v) is 8.06. The molecular weight excluding hydrogens is 410 g/mol. The first-order valence-corrected chi connectivity index (χ1v) is 10.3. The number of hydrogen-bond donors (Lipinski definition) is 0. The molecule has 1 aliphatic carbocycles. The molecule has 0 aliphatic heterocycles. The minimum atomic E-state index is -0.311. The first kappa shape index (κ1) is 24.7. The van der Waals surface area contributed by atoms with Crippen LogP contribution in [0, 0.1) is 5.92 Å². The molecule has 1 atom stereocenters. The third-order valence-electron chi connectivity index (χ3n) is 5.67. The fraction of sp³-hybridized carbons (Fsp3) is 0.346. The van der Waals surface area contributed by atoms with Crippen LogP contribution >= 0.6 is 12.4 Å². The normalized spacial score (nSPS) is 17.5. The van der Waals surface area contributed by atoms with Crippen LogP contribution in [0.1, 0.15) is 41.3 Å². The van der Waals surface area contributed by atoms with E-state index < -0.39 is 0 Å². The SMILES string of the molecule is COC(=O)c1cccc(/C=C2/CCC(CN(C)C)C(c3cccc(OC)c3)=C2C)c1.Cl. The molecule has 0 saturated carbocycles. The fourth-order valence-corrected chi connectivity index (χ4v) is 4.26. The van der Waals surface area contributed by atoms with Crippen LogP contribution in [0.3, 0.4) is 0 Å². The van der Waals surface area contributed by atoms with Gasteiger partial charge in [-0.1, -0.05) is 30.3 Å². The maximum absolute atomic E-state index is 11.9. The van der Waals surface area contributed by atoms with Crippen molar-refractivity contribution in [2.75, 3.05) is 34.9 Å². The van der Waals surface area contributed by atoms with Gasteiger partial charge in [0, 0.05) is 6.54 Å². The first-order valence-electron chi connectivity index (χ1n) is 10.3. The van der Waals surface area contributed by atoms with E-state index in [0.717, 1.165) is 30.7 Å². The number of nitrogens with zero attached hydrogens (tertiary/aromatic N) is 1. The van der Waals surface area contributed by atoms with Crippen LogP contribution in [0.15, 0.2) is 59.7 Å². The number of halogens is 1. The van der Waals surface area contributed by atoms with E-state index in [1.807, 2.05) is 24.3 Å². The van der Waals surface area contributed by atoms with Crippen LogP contribution in [0.5, 0.6) is 5.75 Å². The first-order chi connectivity index (χ1) is 14.4. The predicted octanol–water partition coefficient (Wildman–Crippen LogP) is 5.73. The summed E-state index contributed by atoms with van der Waals surface area (Å²) in [4.78, 5) is 14.2. The Balaban J connectivity index is 0.00000341. The standard InChI is InChI=1S/C26H31NO3.ClH/c1-18-20(14-19-8-6-10-22(15-19)26(28)30-5)12-13-23(17-27(2)3)25(18)21-9-7-11-24(16-21)29-4;/h6-11,14-16,23H,12-13,17H2,1-5H3;1H/b20-14-;. The van der Waals surface area contributed by atoms with Crippen LogP contribution in [0.25, 0.3) is 11.6 Å². The summed E-state index contributed by atoms with van der Waals surface area (Å²) >= 11 is 0. The molecule has 2 aromatic carbocycles. The Morgan fingerprint density at radius 2 is 1.87 bits per heavy atom. The molecule has 166 valence electrons. The Bertz CT molecular complexity index is 978. The molecule has 0 saturated heterocycles. The summed E-state index contributed by atoms with van der Waals surface area (Å²) in [5.74, 6) is 1.03. The maximum atomic E-state index is 11.9. The van der Waals surface area contributed by atoms with Crippen molar-refractivity contribution in [2.24, 2.45) is 5.92 Å². The lowest BCUT2D eigenvalue weighted by Gasteiger charge is -2.32. The molecule has 0 bridgehead atoms. The van der Waals surface area contributed by atoms with Crippen molar-refractivity contribution in [3.05, 3.63) is 76.4 Å². The number of methoxy groups -OCH3 is 2. The highest BCUT2D eigenvalue weighted by Crippen LogP contribution is 2.41. The van der Waals surface area contributed by atoms with Gasteiger partial charge in [0.15, 0.2) is 0 Å². The molecule has 1 unspecified atom stereocenters. The molecule has 0 heterocycles. The zero-order valence-corrected chi connectivity index (χ0v) is 19.8. The topological polar surface area (TPSA) is 38.8 Å². The van der Waals surface area contributed by atoms with Crippen molar-refractivity contribution < 1.29 is 14.3 Å². The van der Waals surface area contributed by atoms with Gasteiger partial charge in [0.1, 0.15) is 5.75 Å². The van der Waals surface area contributed by atoms with Crippen molar-refractivity contribution in [1.29, 1.82) is 0 Å². The highest BCUT2D eigenvalue weighted by atomic mass is 35.5. The maximum Gasteiger partial charge on any atom is 0.337 e. The fourth-order valence-electron chi connectivity index (χ4n) is 4.26. The molecule has 0 spiro atoms. The van der Waals surface area contributed by atoms with Gasteiger partial charge in [-0.05, 0) is 91.9 Å². The number of carbonyl (C=O) groups is 1. The Morgan fingerprint density at radius 3 is 2.55 bits per heavy atom. The van der Waals surface area contributed by atoms with Gasteiger partial charge in [0.25, 0.3) is 0 Å². The van der Waals surface area contributed by atoms with Gasteiger partial charge in [-0.3, -0.25) is 0 Å². The van der Waals surface area contributed by atoms with E-state index in [1.165, 1.54) is 29.4 Å². The average molecular weight is 442 g/mol. The van der Waals surface area contributed by atoms with Gasteiger partial charge in [0.05, 0.1) is 19.8 Å².